The lowest BCUT2D eigenvalue weighted by molar-refractivity contribution is -0.142. The second kappa shape index (κ2) is 17.2. The highest BCUT2D eigenvalue weighted by atomic mass is 16.4. The van der Waals surface area contributed by atoms with Gasteiger partial charge in [0, 0.05) is 37.6 Å². The summed E-state index contributed by atoms with van der Waals surface area (Å²) in [4.78, 5) is 45.1. The number of aromatic nitrogens is 2. The number of benzene rings is 3. The van der Waals surface area contributed by atoms with Gasteiger partial charge in [-0.3, -0.25) is 14.5 Å². The first-order valence-corrected chi connectivity index (χ1v) is 16.5. The molecule has 0 saturated carbocycles. The van der Waals surface area contributed by atoms with E-state index in [1.807, 2.05) is 71.8 Å². The van der Waals surface area contributed by atoms with Crippen molar-refractivity contribution in [3.8, 4) is 6.07 Å². The molecule has 3 N–H and O–H groups in total. The van der Waals surface area contributed by atoms with Gasteiger partial charge in [-0.1, -0.05) is 88.7 Å². The molecule has 252 valence electrons. The summed E-state index contributed by atoms with van der Waals surface area (Å²) in [6.07, 6.45) is 4.65. The van der Waals surface area contributed by atoms with E-state index in [9.17, 15) is 19.5 Å². The fourth-order valence-corrected chi connectivity index (χ4v) is 5.86. The zero-order valence-corrected chi connectivity index (χ0v) is 28.2. The second-order valence-electron chi connectivity index (χ2n) is 13.0. The Kier molecular flexibility index (Phi) is 12.9. The monoisotopic (exact) mass is 650 g/mol. The summed E-state index contributed by atoms with van der Waals surface area (Å²) in [5.41, 5.74) is 3.38. The van der Waals surface area contributed by atoms with E-state index < -0.39 is 12.0 Å². The van der Waals surface area contributed by atoms with Gasteiger partial charge in [0.25, 0.3) is 0 Å². The van der Waals surface area contributed by atoms with E-state index in [2.05, 4.69) is 41.6 Å². The number of amides is 2. The summed E-state index contributed by atoms with van der Waals surface area (Å²) in [6, 6.07) is 22.4. The van der Waals surface area contributed by atoms with Crippen LogP contribution in [0.15, 0.2) is 79.3 Å². The number of nitrogens with one attached hydrogen (secondary N) is 2. The van der Waals surface area contributed by atoms with Crippen LogP contribution in [0, 0.1) is 23.2 Å². The molecule has 0 saturated heterocycles. The normalized spacial score (nSPS) is 13.2. The number of nitriles is 1. The topological polar surface area (TPSA) is 140 Å². The molecule has 4 aromatic rings. The number of aliphatic carboxylic acids is 1. The van der Waals surface area contributed by atoms with Crippen molar-refractivity contribution in [2.24, 2.45) is 11.8 Å². The van der Waals surface area contributed by atoms with Crippen molar-refractivity contribution in [2.75, 3.05) is 13.1 Å². The lowest BCUT2D eigenvalue weighted by Gasteiger charge is -2.32. The van der Waals surface area contributed by atoms with Crippen molar-refractivity contribution in [1.82, 2.24) is 25.1 Å². The Bertz CT molecular complexity index is 1720. The van der Waals surface area contributed by atoms with Gasteiger partial charge in [0.15, 0.2) is 0 Å². The van der Waals surface area contributed by atoms with Crippen LogP contribution in [0.5, 0.6) is 0 Å². The quantitative estimate of drug-likeness (QED) is 0.144. The van der Waals surface area contributed by atoms with Gasteiger partial charge in [-0.15, -0.1) is 0 Å². The largest absolute Gasteiger partial charge is 0.480 e. The number of carboxylic acids is 1. The smallest absolute Gasteiger partial charge is 0.326 e. The molecule has 0 unspecified atom stereocenters. The van der Waals surface area contributed by atoms with Crippen LogP contribution in [0.4, 0.5) is 0 Å². The average Bonchev–Trinajstić information content (AvgIpc) is 3.49. The fourth-order valence-electron chi connectivity index (χ4n) is 5.86. The van der Waals surface area contributed by atoms with Crippen molar-refractivity contribution in [3.05, 3.63) is 102 Å². The van der Waals surface area contributed by atoms with Crippen LogP contribution in [0.1, 0.15) is 62.9 Å². The van der Waals surface area contributed by atoms with Crippen LogP contribution in [0.25, 0.3) is 10.8 Å². The van der Waals surface area contributed by atoms with Crippen molar-refractivity contribution in [3.63, 3.8) is 0 Å². The standard InChI is InChI=1S/C38H46N6O4/c1-5-27(4)35(42-36(45)18-32-20-40-25-44(32)21-29-15-13-28(19-39)14-16-29)23-43(24-37(46)41-34(38(47)48)17-26(2)3)22-31-11-8-10-30-9-6-7-12-33(30)31/h6-16,20,25-27,34-35H,5,17-18,21-24H2,1-4H3,(H,41,46)(H,42,45)(H,47,48)/t27-,34-,35+/m0/s1. The van der Waals surface area contributed by atoms with E-state index in [1.54, 1.807) is 24.7 Å². The molecule has 10 heteroatoms. The summed E-state index contributed by atoms with van der Waals surface area (Å²) in [6.45, 7) is 9.33. The van der Waals surface area contributed by atoms with E-state index in [0.717, 1.165) is 34.0 Å². The lowest BCUT2D eigenvalue weighted by atomic mass is 9.97. The number of rotatable bonds is 17. The predicted molar refractivity (Wildman–Crippen MR) is 186 cm³/mol. The van der Waals surface area contributed by atoms with Crippen LogP contribution >= 0.6 is 0 Å². The van der Waals surface area contributed by atoms with Crippen molar-refractivity contribution < 1.29 is 19.5 Å². The molecule has 0 fully saturated rings. The van der Waals surface area contributed by atoms with Gasteiger partial charge >= 0.3 is 5.97 Å². The third-order valence-corrected chi connectivity index (χ3v) is 8.69. The molecular weight excluding hydrogens is 604 g/mol. The minimum Gasteiger partial charge on any atom is -0.480 e. The molecule has 1 aromatic heterocycles. The first-order valence-electron chi connectivity index (χ1n) is 16.5. The molecule has 0 spiro atoms. The van der Waals surface area contributed by atoms with Gasteiger partial charge in [0.2, 0.25) is 11.8 Å². The summed E-state index contributed by atoms with van der Waals surface area (Å²) >= 11 is 0. The molecule has 48 heavy (non-hydrogen) atoms. The molecule has 0 aliphatic heterocycles. The Labute approximate surface area is 282 Å². The van der Waals surface area contributed by atoms with Crippen molar-refractivity contribution in [2.45, 2.75) is 72.1 Å². The molecule has 3 atom stereocenters. The Morgan fingerprint density at radius 1 is 0.979 bits per heavy atom. The number of hydrogen-bond donors (Lipinski definition) is 3. The second-order valence-corrected chi connectivity index (χ2v) is 13.0. The molecule has 0 radical (unpaired) electrons. The highest BCUT2D eigenvalue weighted by Crippen LogP contribution is 2.21. The third-order valence-electron chi connectivity index (χ3n) is 8.69. The molecule has 4 rings (SSSR count). The number of fused-ring (bicyclic) bond motifs is 1. The van der Waals surface area contributed by atoms with E-state index in [0.29, 0.717) is 31.6 Å². The summed E-state index contributed by atoms with van der Waals surface area (Å²) in [5, 5.41) is 27.0. The van der Waals surface area contributed by atoms with Gasteiger partial charge in [0.05, 0.1) is 30.9 Å². The van der Waals surface area contributed by atoms with Crippen molar-refractivity contribution >= 4 is 28.6 Å². The molecule has 10 nitrogen and oxygen atoms in total. The van der Waals surface area contributed by atoms with Gasteiger partial charge in [-0.25, -0.2) is 9.78 Å². The molecule has 0 aliphatic carbocycles. The van der Waals surface area contributed by atoms with E-state index >= 15 is 0 Å². The number of hydrogen-bond acceptors (Lipinski definition) is 6. The third kappa shape index (κ3) is 10.2. The molecule has 2 amide bonds. The summed E-state index contributed by atoms with van der Waals surface area (Å²) < 4.78 is 1.92. The highest BCUT2D eigenvalue weighted by molar-refractivity contribution is 5.86. The van der Waals surface area contributed by atoms with Crippen LogP contribution in [-0.4, -0.2) is 62.5 Å². The predicted octanol–water partition coefficient (Wildman–Crippen LogP) is 5.15. The highest BCUT2D eigenvalue weighted by Gasteiger charge is 2.26. The van der Waals surface area contributed by atoms with Gasteiger partial charge in [-0.05, 0) is 52.3 Å². The molecule has 1 heterocycles. The molecule has 3 aromatic carbocycles. The number of carboxylic acid groups (broad SMARTS) is 1. The SMILES string of the molecule is CC[C@H](C)[C@@H](CN(CC(=O)N[C@@H](CC(C)C)C(=O)O)Cc1cccc2ccccc12)NC(=O)Cc1cncn1Cc1ccc(C#N)cc1. The van der Waals surface area contributed by atoms with Gasteiger partial charge < -0.3 is 20.3 Å². The van der Waals surface area contributed by atoms with Gasteiger partial charge in [-0.2, -0.15) is 5.26 Å². The maximum Gasteiger partial charge on any atom is 0.326 e. The summed E-state index contributed by atoms with van der Waals surface area (Å²) in [5.74, 6) is -1.38. The van der Waals surface area contributed by atoms with Crippen LogP contribution in [0.3, 0.4) is 0 Å². The first-order chi connectivity index (χ1) is 23.1. The zero-order chi connectivity index (χ0) is 34.6. The maximum atomic E-state index is 13.5. The molecule has 0 bridgehead atoms. The summed E-state index contributed by atoms with van der Waals surface area (Å²) in [7, 11) is 0. The first kappa shape index (κ1) is 35.8. The van der Waals surface area contributed by atoms with E-state index in [1.165, 1.54) is 0 Å². The maximum absolute atomic E-state index is 13.5. The number of nitrogens with zero attached hydrogens (tertiary/aromatic N) is 4. The Morgan fingerprint density at radius 2 is 1.71 bits per heavy atom. The van der Waals surface area contributed by atoms with Crippen molar-refractivity contribution in [1.29, 1.82) is 5.26 Å². The van der Waals surface area contributed by atoms with Crippen LogP contribution in [0.2, 0.25) is 0 Å². The fraction of sp³-hybridized carbons (Fsp3) is 0.395. The minimum atomic E-state index is -1.05. The number of imidazole rings is 1. The van der Waals surface area contributed by atoms with Gasteiger partial charge in [0.1, 0.15) is 6.04 Å². The lowest BCUT2D eigenvalue weighted by Crippen LogP contribution is -2.51. The Balaban J connectivity index is 1.52. The van der Waals surface area contributed by atoms with Crippen LogP contribution < -0.4 is 10.6 Å². The Hall–Kier alpha value is -5.01. The zero-order valence-electron chi connectivity index (χ0n) is 28.2. The molecular formula is C38H46N6O4. The Morgan fingerprint density at radius 3 is 2.40 bits per heavy atom. The number of carbonyl (C=O) groups excluding carboxylic acids is 2. The van der Waals surface area contributed by atoms with E-state index in [4.69, 9.17) is 5.26 Å². The molecule has 0 aliphatic rings. The average molecular weight is 651 g/mol. The van der Waals surface area contributed by atoms with Crippen LogP contribution in [-0.2, 0) is 33.9 Å². The number of carbonyl (C=O) groups is 3. The minimum absolute atomic E-state index is 0.0226. The van der Waals surface area contributed by atoms with E-state index in [-0.39, 0.29) is 42.7 Å².